The van der Waals surface area contributed by atoms with E-state index in [0.29, 0.717) is 0 Å². The molecule has 1 fully saturated rings. The Morgan fingerprint density at radius 1 is 1.59 bits per heavy atom. The third kappa shape index (κ3) is 2.51. The van der Waals surface area contributed by atoms with Gasteiger partial charge in [0.15, 0.2) is 0 Å². The van der Waals surface area contributed by atoms with Gasteiger partial charge < -0.3 is 4.74 Å². The number of methoxy groups -OCH3 is 1. The molecule has 1 aliphatic carbocycles. The summed E-state index contributed by atoms with van der Waals surface area (Å²) in [4.78, 5) is 0. The lowest BCUT2D eigenvalue weighted by Gasteiger charge is -2.35. The number of ether oxygens (including phenoxy) is 1. The number of rotatable bonds is 5. The van der Waals surface area contributed by atoms with Gasteiger partial charge in [0.1, 0.15) is 0 Å². The lowest BCUT2D eigenvalue weighted by molar-refractivity contribution is -0.0355. The lowest BCUT2D eigenvalue weighted by Crippen LogP contribution is -2.54. The Morgan fingerprint density at radius 2 is 2.29 bits per heavy atom. The van der Waals surface area contributed by atoms with Crippen molar-refractivity contribution in [2.45, 2.75) is 43.7 Å². The van der Waals surface area contributed by atoms with Crippen LogP contribution in [-0.4, -0.2) is 28.5 Å². The van der Waals surface area contributed by atoms with Crippen molar-refractivity contribution in [3.05, 3.63) is 18.0 Å². The molecule has 1 aromatic heterocycles. The van der Waals surface area contributed by atoms with E-state index in [1.54, 1.807) is 7.11 Å². The Bertz CT molecular complexity index is 357. The zero-order valence-corrected chi connectivity index (χ0v) is 10.6. The predicted molar refractivity (Wildman–Crippen MR) is 66.2 cm³/mol. The van der Waals surface area contributed by atoms with Crippen LogP contribution in [0.4, 0.5) is 0 Å². The number of hydrazine groups is 1. The first-order chi connectivity index (χ1) is 8.20. The Kier molecular flexibility index (Phi) is 3.81. The van der Waals surface area contributed by atoms with Crippen LogP contribution in [0.3, 0.4) is 0 Å². The average Bonchev–Trinajstić information content (AvgIpc) is 2.95. The highest BCUT2D eigenvalue weighted by molar-refractivity contribution is 5.10. The first-order valence-corrected chi connectivity index (χ1v) is 6.19. The molecule has 0 bridgehead atoms. The van der Waals surface area contributed by atoms with Gasteiger partial charge in [-0.2, -0.15) is 5.10 Å². The fraction of sp³-hybridized carbons (Fsp3) is 0.750. The quantitative estimate of drug-likeness (QED) is 0.587. The summed E-state index contributed by atoms with van der Waals surface area (Å²) in [6.45, 7) is 0. The minimum Gasteiger partial charge on any atom is -0.377 e. The molecular weight excluding hydrogens is 216 g/mol. The third-order valence-corrected chi connectivity index (χ3v) is 3.89. The number of nitrogens with two attached hydrogens (primary N) is 1. The molecule has 1 unspecified atom stereocenters. The number of hydrogen-bond donors (Lipinski definition) is 2. The predicted octanol–water partition coefficient (Wildman–Crippen LogP) is 0.754. The molecule has 1 saturated carbocycles. The molecule has 0 spiro atoms. The Hall–Kier alpha value is -0.910. The molecule has 2 rings (SSSR count). The van der Waals surface area contributed by atoms with Crippen LogP contribution in [0.1, 0.15) is 31.2 Å². The molecule has 5 heteroatoms. The number of hydrogen-bond acceptors (Lipinski definition) is 4. The highest BCUT2D eigenvalue weighted by atomic mass is 16.5. The second kappa shape index (κ2) is 5.16. The van der Waals surface area contributed by atoms with Gasteiger partial charge in [-0.25, -0.2) is 0 Å². The SMILES string of the molecule is COC1(C(Cc2cnn(C)c2)NN)CCCC1. The first kappa shape index (κ1) is 12.5. The van der Waals surface area contributed by atoms with Crippen molar-refractivity contribution in [3.63, 3.8) is 0 Å². The van der Waals surface area contributed by atoms with Crippen LogP contribution in [0.15, 0.2) is 12.4 Å². The van der Waals surface area contributed by atoms with Gasteiger partial charge in [0.05, 0.1) is 17.8 Å². The van der Waals surface area contributed by atoms with Gasteiger partial charge in [-0.1, -0.05) is 12.8 Å². The zero-order chi connectivity index (χ0) is 12.3. The van der Waals surface area contributed by atoms with Crippen LogP contribution in [0.5, 0.6) is 0 Å². The molecule has 0 aliphatic heterocycles. The minimum atomic E-state index is -0.107. The standard InChI is InChI=1S/C12H22N4O/c1-16-9-10(8-14-16)7-11(15-13)12(17-2)5-3-4-6-12/h8-9,11,15H,3-7,13H2,1-2H3. The van der Waals surface area contributed by atoms with E-state index in [9.17, 15) is 0 Å². The van der Waals surface area contributed by atoms with Gasteiger partial charge in [0.2, 0.25) is 0 Å². The first-order valence-electron chi connectivity index (χ1n) is 6.19. The maximum Gasteiger partial charge on any atom is 0.0847 e. The summed E-state index contributed by atoms with van der Waals surface area (Å²) in [5.41, 5.74) is 4.02. The molecule has 0 aromatic carbocycles. The van der Waals surface area contributed by atoms with E-state index in [1.807, 2.05) is 24.1 Å². The van der Waals surface area contributed by atoms with E-state index in [-0.39, 0.29) is 11.6 Å². The molecule has 0 saturated heterocycles. The van der Waals surface area contributed by atoms with Crippen molar-refractivity contribution in [2.24, 2.45) is 12.9 Å². The summed E-state index contributed by atoms with van der Waals surface area (Å²) in [6, 6.07) is 0.152. The Labute approximate surface area is 102 Å². The van der Waals surface area contributed by atoms with Crippen LogP contribution < -0.4 is 11.3 Å². The van der Waals surface area contributed by atoms with Gasteiger partial charge >= 0.3 is 0 Å². The van der Waals surface area contributed by atoms with Crippen molar-refractivity contribution < 1.29 is 4.74 Å². The van der Waals surface area contributed by atoms with E-state index in [1.165, 1.54) is 18.4 Å². The van der Waals surface area contributed by atoms with Crippen molar-refractivity contribution in [3.8, 4) is 0 Å². The smallest absolute Gasteiger partial charge is 0.0847 e. The van der Waals surface area contributed by atoms with Gasteiger partial charge in [-0.05, 0) is 24.8 Å². The summed E-state index contributed by atoms with van der Waals surface area (Å²) < 4.78 is 7.58. The summed E-state index contributed by atoms with van der Waals surface area (Å²) in [7, 11) is 3.72. The number of aromatic nitrogens is 2. The average molecular weight is 238 g/mol. The van der Waals surface area contributed by atoms with Crippen LogP contribution in [0.25, 0.3) is 0 Å². The number of aryl methyl sites for hydroxylation is 1. The molecular formula is C12H22N4O. The van der Waals surface area contributed by atoms with E-state index in [4.69, 9.17) is 10.6 Å². The van der Waals surface area contributed by atoms with Crippen molar-refractivity contribution in [1.29, 1.82) is 0 Å². The summed E-state index contributed by atoms with van der Waals surface area (Å²) in [6.07, 6.45) is 9.39. The molecule has 1 atom stereocenters. The maximum atomic E-state index is 5.76. The van der Waals surface area contributed by atoms with Gasteiger partial charge in [-0.15, -0.1) is 0 Å². The number of nitrogens with zero attached hydrogens (tertiary/aromatic N) is 2. The minimum absolute atomic E-state index is 0.107. The number of nitrogens with one attached hydrogen (secondary N) is 1. The van der Waals surface area contributed by atoms with Crippen molar-refractivity contribution in [2.75, 3.05) is 7.11 Å². The molecule has 96 valence electrons. The monoisotopic (exact) mass is 238 g/mol. The molecule has 1 aliphatic rings. The van der Waals surface area contributed by atoms with E-state index < -0.39 is 0 Å². The van der Waals surface area contributed by atoms with Crippen molar-refractivity contribution >= 4 is 0 Å². The highest BCUT2D eigenvalue weighted by Crippen LogP contribution is 2.36. The maximum absolute atomic E-state index is 5.76. The molecule has 1 heterocycles. The van der Waals surface area contributed by atoms with Gasteiger partial charge in [0.25, 0.3) is 0 Å². The molecule has 3 N–H and O–H groups in total. The van der Waals surface area contributed by atoms with Crippen LogP contribution in [-0.2, 0) is 18.2 Å². The summed E-state index contributed by atoms with van der Waals surface area (Å²) in [5.74, 6) is 5.71. The van der Waals surface area contributed by atoms with Gasteiger partial charge in [-0.3, -0.25) is 16.0 Å². The topological polar surface area (TPSA) is 65.1 Å². The molecule has 1 aromatic rings. The Balaban J connectivity index is 2.10. The van der Waals surface area contributed by atoms with E-state index >= 15 is 0 Å². The second-order valence-corrected chi connectivity index (χ2v) is 4.92. The molecule has 0 amide bonds. The van der Waals surface area contributed by atoms with E-state index in [0.717, 1.165) is 19.3 Å². The Morgan fingerprint density at radius 3 is 2.76 bits per heavy atom. The van der Waals surface area contributed by atoms with Crippen LogP contribution in [0, 0.1) is 0 Å². The van der Waals surface area contributed by atoms with Gasteiger partial charge in [0, 0.05) is 20.4 Å². The summed E-state index contributed by atoms with van der Waals surface area (Å²) in [5, 5.41) is 4.19. The molecule has 5 nitrogen and oxygen atoms in total. The molecule has 0 radical (unpaired) electrons. The second-order valence-electron chi connectivity index (χ2n) is 4.92. The van der Waals surface area contributed by atoms with Crippen molar-refractivity contribution in [1.82, 2.24) is 15.2 Å². The zero-order valence-electron chi connectivity index (χ0n) is 10.6. The lowest BCUT2D eigenvalue weighted by atomic mass is 9.88. The molecule has 17 heavy (non-hydrogen) atoms. The fourth-order valence-corrected chi connectivity index (χ4v) is 2.88. The van der Waals surface area contributed by atoms with E-state index in [2.05, 4.69) is 10.5 Å². The largest absolute Gasteiger partial charge is 0.377 e. The fourth-order valence-electron chi connectivity index (χ4n) is 2.88. The normalized spacial score (nSPS) is 20.6. The van der Waals surface area contributed by atoms with Crippen LogP contribution >= 0.6 is 0 Å². The van der Waals surface area contributed by atoms with Crippen LogP contribution in [0.2, 0.25) is 0 Å². The summed E-state index contributed by atoms with van der Waals surface area (Å²) >= 11 is 0. The highest BCUT2D eigenvalue weighted by Gasteiger charge is 2.41. The third-order valence-electron chi connectivity index (χ3n) is 3.89.